The maximum atomic E-state index is 10.5. The maximum Gasteiger partial charge on any atom is 0.352 e. The standard InChI is InChI=1S/C5H4Cl2O3/c6-1-2-3(7)5(9)10-4(2)8/h4,8H,1H2/t4-/m0/s1. The lowest BCUT2D eigenvalue weighted by molar-refractivity contribution is -0.151. The van der Waals surface area contributed by atoms with E-state index in [1.165, 1.54) is 0 Å². The van der Waals surface area contributed by atoms with Crippen molar-refractivity contribution in [2.75, 3.05) is 5.88 Å². The third-order valence-electron chi connectivity index (χ3n) is 1.12. The highest BCUT2D eigenvalue weighted by atomic mass is 35.5. The van der Waals surface area contributed by atoms with Crippen molar-refractivity contribution >= 4 is 29.2 Å². The van der Waals surface area contributed by atoms with Crippen molar-refractivity contribution in [3.63, 3.8) is 0 Å². The number of alkyl halides is 1. The Labute approximate surface area is 67.2 Å². The van der Waals surface area contributed by atoms with Crippen LogP contribution in [0.25, 0.3) is 0 Å². The Morgan fingerprint density at radius 2 is 2.30 bits per heavy atom. The number of hydrogen-bond donors (Lipinski definition) is 1. The molecule has 1 rings (SSSR count). The normalized spacial score (nSPS) is 25.5. The van der Waals surface area contributed by atoms with Crippen molar-refractivity contribution in [1.82, 2.24) is 0 Å². The molecule has 0 amide bonds. The van der Waals surface area contributed by atoms with Gasteiger partial charge in [0.2, 0.25) is 6.29 Å². The molecule has 0 radical (unpaired) electrons. The van der Waals surface area contributed by atoms with E-state index in [-0.39, 0.29) is 16.5 Å². The molecule has 1 aliphatic rings. The summed E-state index contributed by atoms with van der Waals surface area (Å²) < 4.78 is 4.30. The van der Waals surface area contributed by atoms with Crippen molar-refractivity contribution in [2.45, 2.75) is 6.29 Å². The molecule has 0 spiro atoms. The summed E-state index contributed by atoms with van der Waals surface area (Å²) in [7, 11) is 0. The minimum atomic E-state index is -1.25. The first kappa shape index (κ1) is 7.85. The summed E-state index contributed by atoms with van der Waals surface area (Å²) in [6.45, 7) is 0. The molecule has 0 unspecified atom stereocenters. The number of aliphatic hydroxyl groups excluding tert-OH is 1. The van der Waals surface area contributed by atoms with Gasteiger partial charge in [0.15, 0.2) is 0 Å². The number of carbonyl (C=O) groups is 1. The van der Waals surface area contributed by atoms with Gasteiger partial charge in [0, 0.05) is 5.57 Å². The fraction of sp³-hybridized carbons (Fsp3) is 0.400. The molecule has 3 nitrogen and oxygen atoms in total. The van der Waals surface area contributed by atoms with Gasteiger partial charge in [0.25, 0.3) is 0 Å². The van der Waals surface area contributed by atoms with Gasteiger partial charge in [-0.15, -0.1) is 11.6 Å². The molecule has 1 atom stereocenters. The van der Waals surface area contributed by atoms with E-state index in [0.29, 0.717) is 0 Å². The summed E-state index contributed by atoms with van der Waals surface area (Å²) in [5, 5.41) is 8.75. The van der Waals surface area contributed by atoms with Crippen molar-refractivity contribution in [2.24, 2.45) is 0 Å². The predicted octanol–water partition coefficient (Wildman–Crippen LogP) is 0.593. The molecule has 0 aromatic carbocycles. The van der Waals surface area contributed by atoms with E-state index >= 15 is 0 Å². The fourth-order valence-corrected chi connectivity index (χ4v) is 1.13. The van der Waals surface area contributed by atoms with E-state index in [4.69, 9.17) is 28.3 Å². The van der Waals surface area contributed by atoms with E-state index in [2.05, 4.69) is 4.74 Å². The van der Waals surface area contributed by atoms with Crippen molar-refractivity contribution in [3.8, 4) is 0 Å². The molecule has 5 heteroatoms. The van der Waals surface area contributed by atoms with Crippen LogP contribution < -0.4 is 0 Å². The first-order valence-electron chi connectivity index (χ1n) is 2.50. The lowest BCUT2D eigenvalue weighted by atomic mass is 10.3. The molecule has 0 aliphatic carbocycles. The van der Waals surface area contributed by atoms with Crippen molar-refractivity contribution < 1.29 is 14.6 Å². The molecule has 0 fully saturated rings. The summed E-state index contributed by atoms with van der Waals surface area (Å²) in [5.41, 5.74) is 0.230. The Morgan fingerprint density at radius 1 is 1.70 bits per heavy atom. The zero-order chi connectivity index (χ0) is 7.72. The summed E-state index contributed by atoms with van der Waals surface area (Å²) in [6, 6.07) is 0. The second-order valence-electron chi connectivity index (χ2n) is 1.73. The van der Waals surface area contributed by atoms with Crippen molar-refractivity contribution in [1.29, 1.82) is 0 Å². The number of rotatable bonds is 1. The van der Waals surface area contributed by atoms with Gasteiger partial charge in [0.1, 0.15) is 5.03 Å². The average molecular weight is 183 g/mol. The monoisotopic (exact) mass is 182 g/mol. The van der Waals surface area contributed by atoms with E-state index in [9.17, 15) is 4.79 Å². The molecule has 0 bridgehead atoms. The molecule has 0 saturated carbocycles. The minimum absolute atomic E-state index is 0.00569. The zero-order valence-corrected chi connectivity index (χ0v) is 6.32. The molecule has 0 aromatic rings. The average Bonchev–Trinajstić information content (AvgIpc) is 2.09. The van der Waals surface area contributed by atoms with Gasteiger partial charge in [-0.1, -0.05) is 11.6 Å². The molecular weight excluding hydrogens is 179 g/mol. The lowest BCUT2D eigenvalue weighted by Crippen LogP contribution is -2.10. The zero-order valence-electron chi connectivity index (χ0n) is 4.80. The summed E-state index contributed by atoms with van der Waals surface area (Å²) in [5.74, 6) is -0.712. The smallest absolute Gasteiger partial charge is 0.352 e. The van der Waals surface area contributed by atoms with Gasteiger partial charge in [-0.2, -0.15) is 0 Å². The molecule has 0 saturated heterocycles. The third kappa shape index (κ3) is 1.12. The van der Waals surface area contributed by atoms with E-state index in [1.807, 2.05) is 0 Å². The van der Waals surface area contributed by atoms with Crippen LogP contribution in [-0.2, 0) is 9.53 Å². The van der Waals surface area contributed by atoms with Crippen LogP contribution in [0.15, 0.2) is 10.6 Å². The van der Waals surface area contributed by atoms with Crippen LogP contribution in [0.4, 0.5) is 0 Å². The first-order chi connectivity index (χ1) is 4.66. The van der Waals surface area contributed by atoms with Crippen LogP contribution >= 0.6 is 23.2 Å². The van der Waals surface area contributed by atoms with Crippen LogP contribution in [-0.4, -0.2) is 23.2 Å². The van der Waals surface area contributed by atoms with Gasteiger partial charge in [-0.05, 0) is 0 Å². The molecule has 1 heterocycles. The van der Waals surface area contributed by atoms with Gasteiger partial charge < -0.3 is 9.84 Å². The van der Waals surface area contributed by atoms with Gasteiger partial charge in [0.05, 0.1) is 5.88 Å². The maximum absolute atomic E-state index is 10.5. The number of carbonyl (C=O) groups excluding carboxylic acids is 1. The van der Waals surface area contributed by atoms with Crippen LogP contribution in [0.1, 0.15) is 0 Å². The highest BCUT2D eigenvalue weighted by Crippen LogP contribution is 2.24. The molecule has 0 aromatic heterocycles. The summed E-state index contributed by atoms with van der Waals surface area (Å²) >= 11 is 10.7. The van der Waals surface area contributed by atoms with Crippen LogP contribution in [0.3, 0.4) is 0 Å². The number of halogens is 2. The Morgan fingerprint density at radius 3 is 2.50 bits per heavy atom. The summed E-state index contributed by atoms with van der Waals surface area (Å²) in [4.78, 5) is 10.5. The first-order valence-corrected chi connectivity index (χ1v) is 3.41. The number of aliphatic hydroxyl groups is 1. The number of esters is 1. The largest absolute Gasteiger partial charge is 0.427 e. The highest BCUT2D eigenvalue weighted by molar-refractivity contribution is 6.42. The molecule has 56 valence electrons. The Balaban J connectivity index is 2.90. The van der Waals surface area contributed by atoms with Crippen LogP contribution in [0, 0.1) is 0 Å². The number of cyclic esters (lactones) is 1. The lowest BCUT2D eigenvalue weighted by Gasteiger charge is -2.01. The van der Waals surface area contributed by atoms with Crippen LogP contribution in [0.2, 0.25) is 0 Å². The quantitative estimate of drug-likeness (QED) is 0.478. The molecule has 1 N–H and O–H groups in total. The van der Waals surface area contributed by atoms with Gasteiger partial charge in [-0.25, -0.2) is 4.79 Å². The van der Waals surface area contributed by atoms with E-state index in [0.717, 1.165) is 0 Å². The second-order valence-corrected chi connectivity index (χ2v) is 2.38. The Hall–Kier alpha value is -0.250. The number of ether oxygens (including phenoxy) is 1. The van der Waals surface area contributed by atoms with E-state index < -0.39 is 12.3 Å². The Bertz CT molecular complexity index is 199. The third-order valence-corrected chi connectivity index (χ3v) is 1.81. The van der Waals surface area contributed by atoms with Crippen molar-refractivity contribution in [3.05, 3.63) is 10.6 Å². The van der Waals surface area contributed by atoms with Crippen LogP contribution in [0.5, 0.6) is 0 Å². The molecular formula is C5H4Cl2O3. The SMILES string of the molecule is O=C1O[C@H](O)C(CCl)=C1Cl. The molecule has 10 heavy (non-hydrogen) atoms. The Kier molecular flexibility index (Phi) is 2.18. The number of hydrogen-bond acceptors (Lipinski definition) is 3. The van der Waals surface area contributed by atoms with E-state index in [1.54, 1.807) is 0 Å². The van der Waals surface area contributed by atoms with Gasteiger partial charge >= 0.3 is 5.97 Å². The fourth-order valence-electron chi connectivity index (χ4n) is 0.588. The van der Waals surface area contributed by atoms with Gasteiger partial charge in [-0.3, -0.25) is 0 Å². The predicted molar refractivity (Wildman–Crippen MR) is 35.7 cm³/mol. The second kappa shape index (κ2) is 2.78. The molecule has 1 aliphatic heterocycles. The topological polar surface area (TPSA) is 46.5 Å². The summed E-state index contributed by atoms with van der Waals surface area (Å²) in [6.07, 6.45) is -1.25. The minimum Gasteiger partial charge on any atom is -0.427 e. The highest BCUT2D eigenvalue weighted by Gasteiger charge is 2.30.